The normalized spacial score (nSPS) is 16.6. The van der Waals surface area contributed by atoms with Crippen LogP contribution >= 0.6 is 0 Å². The largest absolute Gasteiger partial charge is 0.483 e. The smallest absolute Gasteiger partial charge is 0.258 e. The Balaban J connectivity index is 1.27. The maximum atomic E-state index is 12.3. The van der Waals surface area contributed by atoms with E-state index in [0.29, 0.717) is 6.54 Å². The minimum atomic E-state index is -0.0710. The molecule has 2 aromatic rings. The first kappa shape index (κ1) is 19.0. The van der Waals surface area contributed by atoms with Gasteiger partial charge in [-0.1, -0.05) is 36.4 Å². The van der Waals surface area contributed by atoms with Gasteiger partial charge in [0.25, 0.3) is 5.91 Å². The van der Waals surface area contributed by atoms with Gasteiger partial charge in [-0.25, -0.2) is 0 Å². The van der Waals surface area contributed by atoms with Crippen molar-refractivity contribution in [2.24, 2.45) is 0 Å². The molecule has 4 rings (SSSR count). The van der Waals surface area contributed by atoms with E-state index in [1.807, 2.05) is 12.1 Å². The van der Waals surface area contributed by atoms with Crippen LogP contribution in [0, 0.1) is 0 Å². The third-order valence-electron chi connectivity index (χ3n) is 5.80. The number of nitrogens with zero attached hydrogens (tertiary/aromatic N) is 1. The Morgan fingerprint density at radius 3 is 2.64 bits per heavy atom. The molecule has 4 heteroatoms. The van der Waals surface area contributed by atoms with Crippen LogP contribution in [0.25, 0.3) is 0 Å². The number of ether oxygens (including phenoxy) is 1. The first-order valence-corrected chi connectivity index (χ1v) is 10.6. The monoisotopic (exact) mass is 378 g/mol. The van der Waals surface area contributed by atoms with E-state index in [1.54, 1.807) is 0 Å². The quantitative estimate of drug-likeness (QED) is 0.796. The second-order valence-electron chi connectivity index (χ2n) is 7.97. The van der Waals surface area contributed by atoms with E-state index in [4.69, 9.17) is 4.74 Å². The van der Waals surface area contributed by atoms with Gasteiger partial charge in [0.05, 0.1) is 0 Å². The van der Waals surface area contributed by atoms with Crippen molar-refractivity contribution in [3.63, 3.8) is 0 Å². The van der Waals surface area contributed by atoms with E-state index >= 15 is 0 Å². The van der Waals surface area contributed by atoms with Crippen molar-refractivity contribution in [1.29, 1.82) is 0 Å². The van der Waals surface area contributed by atoms with Gasteiger partial charge >= 0.3 is 0 Å². The zero-order valence-electron chi connectivity index (χ0n) is 16.6. The van der Waals surface area contributed by atoms with Crippen LogP contribution in [-0.2, 0) is 30.7 Å². The summed E-state index contributed by atoms with van der Waals surface area (Å²) in [4.78, 5) is 14.8. The SMILES string of the molecule is O=C(COc1cccc2c1CCCC2)NCc1cccc(CN2CCCC2)c1. The molecule has 1 fully saturated rings. The fraction of sp³-hybridized carbons (Fsp3) is 0.458. The number of carbonyl (C=O) groups excluding carboxylic acids is 1. The van der Waals surface area contributed by atoms with Crippen molar-refractivity contribution >= 4 is 5.91 Å². The number of benzene rings is 2. The summed E-state index contributed by atoms with van der Waals surface area (Å²) in [7, 11) is 0. The summed E-state index contributed by atoms with van der Waals surface area (Å²) in [6.45, 7) is 4.01. The lowest BCUT2D eigenvalue weighted by molar-refractivity contribution is -0.123. The van der Waals surface area contributed by atoms with Crippen LogP contribution in [0.1, 0.15) is 47.9 Å². The summed E-state index contributed by atoms with van der Waals surface area (Å²) in [5.41, 5.74) is 5.12. The molecule has 2 aliphatic rings. The molecule has 148 valence electrons. The molecule has 0 saturated carbocycles. The summed E-state index contributed by atoms with van der Waals surface area (Å²) >= 11 is 0. The van der Waals surface area contributed by atoms with Gasteiger partial charge in [0.15, 0.2) is 6.61 Å². The van der Waals surface area contributed by atoms with Crippen LogP contribution in [0.15, 0.2) is 42.5 Å². The van der Waals surface area contributed by atoms with Crippen LogP contribution < -0.4 is 10.1 Å². The second kappa shape index (κ2) is 9.24. The average molecular weight is 379 g/mol. The lowest BCUT2D eigenvalue weighted by Crippen LogP contribution is -2.28. The van der Waals surface area contributed by atoms with Gasteiger partial charge in [-0.15, -0.1) is 0 Å². The van der Waals surface area contributed by atoms with Crippen LogP contribution in [0.3, 0.4) is 0 Å². The first-order valence-electron chi connectivity index (χ1n) is 10.6. The van der Waals surface area contributed by atoms with Gasteiger partial charge in [0, 0.05) is 13.1 Å². The van der Waals surface area contributed by atoms with E-state index in [0.717, 1.165) is 30.7 Å². The molecule has 2 aromatic carbocycles. The van der Waals surface area contributed by atoms with E-state index in [-0.39, 0.29) is 12.5 Å². The van der Waals surface area contributed by atoms with Gasteiger partial charge in [0.1, 0.15) is 5.75 Å². The van der Waals surface area contributed by atoms with Gasteiger partial charge < -0.3 is 10.1 Å². The van der Waals surface area contributed by atoms with Crippen LogP contribution in [0.4, 0.5) is 0 Å². The second-order valence-corrected chi connectivity index (χ2v) is 7.97. The molecular weight excluding hydrogens is 348 g/mol. The standard InChI is InChI=1S/C24H30N2O2/c27-24(18-28-23-12-6-10-21-9-1-2-11-22(21)23)25-16-19-7-5-8-20(15-19)17-26-13-3-4-14-26/h5-8,10,12,15H,1-4,9,11,13-14,16-18H2,(H,25,27). The molecule has 1 saturated heterocycles. The highest BCUT2D eigenvalue weighted by molar-refractivity contribution is 5.77. The maximum Gasteiger partial charge on any atom is 0.258 e. The predicted molar refractivity (Wildman–Crippen MR) is 111 cm³/mol. The van der Waals surface area contributed by atoms with Crippen molar-refractivity contribution in [1.82, 2.24) is 10.2 Å². The van der Waals surface area contributed by atoms with Crippen molar-refractivity contribution in [3.8, 4) is 5.75 Å². The van der Waals surface area contributed by atoms with E-state index < -0.39 is 0 Å². The van der Waals surface area contributed by atoms with Crippen LogP contribution in [0.2, 0.25) is 0 Å². The van der Waals surface area contributed by atoms with Gasteiger partial charge in [-0.05, 0) is 79.9 Å². The highest BCUT2D eigenvalue weighted by atomic mass is 16.5. The maximum absolute atomic E-state index is 12.3. The van der Waals surface area contributed by atoms with Crippen LogP contribution in [0.5, 0.6) is 5.75 Å². The van der Waals surface area contributed by atoms with E-state index in [1.165, 1.54) is 55.5 Å². The first-order chi connectivity index (χ1) is 13.8. The van der Waals surface area contributed by atoms with Gasteiger partial charge in [-0.3, -0.25) is 9.69 Å². The Kier molecular flexibility index (Phi) is 6.27. The molecule has 0 atom stereocenters. The molecule has 0 unspecified atom stereocenters. The summed E-state index contributed by atoms with van der Waals surface area (Å²) in [5, 5.41) is 2.99. The molecule has 1 heterocycles. The molecule has 1 aliphatic carbocycles. The fourth-order valence-corrected chi connectivity index (χ4v) is 4.31. The Labute approximate surface area is 167 Å². The Hall–Kier alpha value is -2.33. The third kappa shape index (κ3) is 4.93. The highest BCUT2D eigenvalue weighted by Crippen LogP contribution is 2.29. The molecule has 0 radical (unpaired) electrons. The highest BCUT2D eigenvalue weighted by Gasteiger charge is 2.15. The summed E-state index contributed by atoms with van der Waals surface area (Å²) in [5.74, 6) is 0.804. The van der Waals surface area contributed by atoms with E-state index in [2.05, 4.69) is 40.5 Å². The van der Waals surface area contributed by atoms with Crippen molar-refractivity contribution in [2.75, 3.05) is 19.7 Å². The number of hydrogen-bond donors (Lipinski definition) is 1. The molecule has 1 aliphatic heterocycles. The average Bonchev–Trinajstić information content (AvgIpc) is 3.24. The molecule has 28 heavy (non-hydrogen) atoms. The number of likely N-dealkylation sites (tertiary alicyclic amines) is 1. The summed E-state index contributed by atoms with van der Waals surface area (Å²) < 4.78 is 5.85. The van der Waals surface area contributed by atoms with Crippen molar-refractivity contribution < 1.29 is 9.53 Å². The molecule has 4 nitrogen and oxygen atoms in total. The number of amides is 1. The third-order valence-corrected chi connectivity index (χ3v) is 5.80. The number of carbonyl (C=O) groups is 1. The molecular formula is C24H30N2O2. The zero-order chi connectivity index (χ0) is 19.2. The molecule has 0 bridgehead atoms. The molecule has 0 spiro atoms. The van der Waals surface area contributed by atoms with Crippen LogP contribution in [-0.4, -0.2) is 30.5 Å². The number of fused-ring (bicyclic) bond motifs is 1. The van der Waals surface area contributed by atoms with Gasteiger partial charge in [0.2, 0.25) is 0 Å². The Bertz CT molecular complexity index is 812. The number of rotatable bonds is 7. The summed E-state index contributed by atoms with van der Waals surface area (Å²) in [6.07, 6.45) is 7.23. The number of nitrogens with one attached hydrogen (secondary N) is 1. The molecule has 0 aromatic heterocycles. The topological polar surface area (TPSA) is 41.6 Å². The van der Waals surface area contributed by atoms with Crippen molar-refractivity contribution in [2.45, 2.75) is 51.6 Å². The predicted octanol–water partition coefficient (Wildman–Crippen LogP) is 3.86. The molecule has 1 N–H and O–H groups in total. The van der Waals surface area contributed by atoms with Gasteiger partial charge in [-0.2, -0.15) is 0 Å². The number of hydrogen-bond acceptors (Lipinski definition) is 3. The molecule has 1 amide bonds. The number of aryl methyl sites for hydroxylation is 1. The van der Waals surface area contributed by atoms with Crippen molar-refractivity contribution in [3.05, 3.63) is 64.7 Å². The lowest BCUT2D eigenvalue weighted by Gasteiger charge is -2.19. The minimum Gasteiger partial charge on any atom is -0.483 e. The van der Waals surface area contributed by atoms with E-state index in [9.17, 15) is 4.79 Å². The Morgan fingerprint density at radius 2 is 1.75 bits per heavy atom. The fourth-order valence-electron chi connectivity index (χ4n) is 4.31. The summed E-state index contributed by atoms with van der Waals surface area (Å²) in [6, 6.07) is 14.7. The lowest BCUT2D eigenvalue weighted by atomic mass is 9.91. The Morgan fingerprint density at radius 1 is 0.964 bits per heavy atom. The minimum absolute atomic E-state index is 0.0710. The zero-order valence-corrected chi connectivity index (χ0v) is 16.6.